The molecule has 1 amide bonds. The van der Waals surface area contributed by atoms with E-state index in [2.05, 4.69) is 5.32 Å². The van der Waals surface area contributed by atoms with Crippen LogP contribution in [0.15, 0.2) is 30.3 Å². The van der Waals surface area contributed by atoms with Gasteiger partial charge in [-0.1, -0.05) is 11.6 Å². The van der Waals surface area contributed by atoms with Crippen LogP contribution in [-0.4, -0.2) is 11.7 Å². The Morgan fingerprint density at radius 2 is 2.05 bits per heavy atom. The zero-order valence-electron chi connectivity index (χ0n) is 11.2. The second kappa shape index (κ2) is 4.97. The summed E-state index contributed by atoms with van der Waals surface area (Å²) < 4.78 is 13.3. The number of carbonyl (C=O) groups is 2. The maximum absolute atomic E-state index is 13.3. The van der Waals surface area contributed by atoms with Crippen molar-refractivity contribution in [2.75, 3.05) is 5.32 Å². The van der Waals surface area contributed by atoms with Crippen LogP contribution in [0.3, 0.4) is 0 Å². The minimum atomic E-state index is -0.360. The average molecular weight is 304 g/mol. The Morgan fingerprint density at radius 3 is 2.76 bits per heavy atom. The first-order chi connectivity index (χ1) is 9.95. The highest BCUT2D eigenvalue weighted by atomic mass is 35.5. The molecule has 1 heterocycles. The Hall–Kier alpha value is -2.20. The predicted octanol–water partition coefficient (Wildman–Crippen LogP) is 3.51. The fourth-order valence-corrected chi connectivity index (χ4v) is 2.61. The molecule has 0 radical (unpaired) electrons. The van der Waals surface area contributed by atoms with E-state index in [0.717, 1.165) is 5.56 Å². The van der Waals surface area contributed by atoms with Gasteiger partial charge in [-0.3, -0.25) is 9.59 Å². The molecule has 2 aromatic rings. The molecule has 3 rings (SSSR count). The van der Waals surface area contributed by atoms with Gasteiger partial charge in [-0.2, -0.15) is 0 Å². The Balaban J connectivity index is 2.04. The van der Waals surface area contributed by atoms with Crippen molar-refractivity contribution in [3.8, 4) is 0 Å². The number of fused-ring (bicyclic) bond motifs is 1. The van der Waals surface area contributed by atoms with Crippen molar-refractivity contribution in [2.24, 2.45) is 0 Å². The van der Waals surface area contributed by atoms with E-state index in [0.29, 0.717) is 22.4 Å². The molecule has 0 unspecified atom stereocenters. The third-order valence-corrected chi connectivity index (χ3v) is 3.80. The summed E-state index contributed by atoms with van der Waals surface area (Å²) in [5, 5.41) is 2.94. The number of hydrogen-bond donors (Lipinski definition) is 1. The molecule has 0 fully saturated rings. The van der Waals surface area contributed by atoms with Gasteiger partial charge >= 0.3 is 0 Å². The van der Waals surface area contributed by atoms with Gasteiger partial charge in [-0.05, 0) is 48.4 Å². The third-order valence-electron chi connectivity index (χ3n) is 3.48. The van der Waals surface area contributed by atoms with Gasteiger partial charge in [0.05, 0.1) is 11.4 Å². The molecule has 0 aromatic heterocycles. The first-order valence-electron chi connectivity index (χ1n) is 6.39. The van der Waals surface area contributed by atoms with Crippen molar-refractivity contribution in [3.05, 3.63) is 63.4 Å². The second-order valence-electron chi connectivity index (χ2n) is 5.01. The lowest BCUT2D eigenvalue weighted by molar-refractivity contribution is -0.115. The second-order valence-corrected chi connectivity index (χ2v) is 5.41. The molecule has 2 aromatic carbocycles. The Bertz CT molecular complexity index is 786. The van der Waals surface area contributed by atoms with Crippen molar-refractivity contribution in [1.82, 2.24) is 0 Å². The molecule has 3 nitrogen and oxygen atoms in total. The van der Waals surface area contributed by atoms with E-state index in [-0.39, 0.29) is 29.0 Å². The van der Waals surface area contributed by atoms with Gasteiger partial charge in [0.25, 0.3) is 0 Å². The number of amides is 1. The molecule has 1 aliphatic rings. The van der Waals surface area contributed by atoms with E-state index in [1.165, 1.54) is 18.2 Å². The van der Waals surface area contributed by atoms with Gasteiger partial charge in [-0.25, -0.2) is 4.39 Å². The largest absolute Gasteiger partial charge is 0.325 e. The monoisotopic (exact) mass is 303 g/mol. The standard InChI is InChI=1S/C16H11ClFNO2/c1-8-4-9(2-3-13(8)18)16(21)11-5-10-6-15(20)19-14(10)7-12(11)17/h2-5,7H,6H2,1H3,(H,19,20). The van der Waals surface area contributed by atoms with E-state index in [9.17, 15) is 14.0 Å². The summed E-state index contributed by atoms with van der Waals surface area (Å²) >= 11 is 6.13. The molecule has 0 spiro atoms. The van der Waals surface area contributed by atoms with Gasteiger partial charge in [0, 0.05) is 16.8 Å². The minimum Gasteiger partial charge on any atom is -0.325 e. The number of benzene rings is 2. The first-order valence-corrected chi connectivity index (χ1v) is 6.76. The maximum atomic E-state index is 13.3. The van der Waals surface area contributed by atoms with Crippen LogP contribution >= 0.6 is 11.6 Å². The number of anilines is 1. The highest BCUT2D eigenvalue weighted by molar-refractivity contribution is 6.35. The van der Waals surface area contributed by atoms with Crippen LogP contribution in [0.2, 0.25) is 5.02 Å². The van der Waals surface area contributed by atoms with Crippen molar-refractivity contribution >= 4 is 29.0 Å². The van der Waals surface area contributed by atoms with Crippen LogP contribution in [0.1, 0.15) is 27.0 Å². The summed E-state index contributed by atoms with van der Waals surface area (Å²) in [4.78, 5) is 23.9. The van der Waals surface area contributed by atoms with E-state index >= 15 is 0 Å². The molecule has 106 valence electrons. The number of nitrogens with one attached hydrogen (secondary N) is 1. The molecular formula is C16H11ClFNO2. The average Bonchev–Trinajstić information content (AvgIpc) is 2.79. The Labute approximate surface area is 125 Å². The highest BCUT2D eigenvalue weighted by Gasteiger charge is 2.22. The zero-order valence-corrected chi connectivity index (χ0v) is 11.9. The summed E-state index contributed by atoms with van der Waals surface area (Å²) in [5.74, 6) is -0.769. The SMILES string of the molecule is Cc1cc(C(=O)c2cc3c(cc2Cl)NC(=O)C3)ccc1F. The molecule has 0 aliphatic carbocycles. The normalized spacial score (nSPS) is 13.0. The molecule has 0 saturated heterocycles. The van der Waals surface area contributed by atoms with E-state index in [1.54, 1.807) is 19.1 Å². The molecular weight excluding hydrogens is 293 g/mol. The highest BCUT2D eigenvalue weighted by Crippen LogP contribution is 2.31. The van der Waals surface area contributed by atoms with Crippen molar-refractivity contribution in [2.45, 2.75) is 13.3 Å². The topological polar surface area (TPSA) is 46.2 Å². The summed E-state index contributed by atoms with van der Waals surface area (Å²) in [6.45, 7) is 1.60. The predicted molar refractivity (Wildman–Crippen MR) is 78.4 cm³/mol. The fraction of sp³-hybridized carbons (Fsp3) is 0.125. The molecule has 0 bridgehead atoms. The molecule has 5 heteroatoms. The van der Waals surface area contributed by atoms with E-state index in [4.69, 9.17) is 11.6 Å². The van der Waals surface area contributed by atoms with Crippen molar-refractivity contribution in [1.29, 1.82) is 0 Å². The van der Waals surface area contributed by atoms with Crippen LogP contribution in [-0.2, 0) is 11.2 Å². The van der Waals surface area contributed by atoms with Crippen LogP contribution in [0.4, 0.5) is 10.1 Å². The lowest BCUT2D eigenvalue weighted by atomic mass is 9.99. The van der Waals surface area contributed by atoms with Gasteiger partial charge in [0.1, 0.15) is 5.82 Å². The summed E-state index contributed by atoms with van der Waals surface area (Å²) in [5.41, 5.74) is 2.46. The molecule has 0 atom stereocenters. The molecule has 21 heavy (non-hydrogen) atoms. The first kappa shape index (κ1) is 13.8. The zero-order chi connectivity index (χ0) is 15.1. The van der Waals surface area contributed by atoms with E-state index in [1.807, 2.05) is 0 Å². The van der Waals surface area contributed by atoms with Gasteiger partial charge < -0.3 is 5.32 Å². The van der Waals surface area contributed by atoms with Crippen LogP contribution < -0.4 is 5.32 Å². The van der Waals surface area contributed by atoms with Crippen molar-refractivity contribution < 1.29 is 14.0 Å². The summed E-state index contributed by atoms with van der Waals surface area (Å²) in [6.07, 6.45) is 0.231. The molecule has 1 N–H and O–H groups in total. The van der Waals surface area contributed by atoms with Gasteiger partial charge in [0.15, 0.2) is 5.78 Å². The Kier molecular flexibility index (Phi) is 3.26. The number of halogens is 2. The number of aryl methyl sites for hydroxylation is 1. The van der Waals surface area contributed by atoms with Gasteiger partial charge in [-0.15, -0.1) is 0 Å². The summed E-state index contributed by atoms with van der Waals surface area (Å²) in [6, 6.07) is 7.37. The van der Waals surface area contributed by atoms with Crippen LogP contribution in [0.5, 0.6) is 0 Å². The third kappa shape index (κ3) is 2.43. The van der Waals surface area contributed by atoms with Crippen molar-refractivity contribution in [3.63, 3.8) is 0 Å². The number of ketones is 1. The maximum Gasteiger partial charge on any atom is 0.228 e. The fourth-order valence-electron chi connectivity index (χ4n) is 2.36. The number of carbonyl (C=O) groups excluding carboxylic acids is 2. The Morgan fingerprint density at radius 1 is 1.29 bits per heavy atom. The minimum absolute atomic E-state index is 0.122. The summed E-state index contributed by atoms with van der Waals surface area (Å²) in [7, 11) is 0. The van der Waals surface area contributed by atoms with Crippen LogP contribution in [0, 0.1) is 12.7 Å². The van der Waals surface area contributed by atoms with Crippen LogP contribution in [0.25, 0.3) is 0 Å². The number of rotatable bonds is 2. The molecule has 1 aliphatic heterocycles. The lowest BCUT2D eigenvalue weighted by Gasteiger charge is -2.08. The lowest BCUT2D eigenvalue weighted by Crippen LogP contribution is -2.04. The van der Waals surface area contributed by atoms with E-state index < -0.39 is 0 Å². The molecule has 0 saturated carbocycles. The number of hydrogen-bond acceptors (Lipinski definition) is 2. The van der Waals surface area contributed by atoms with Gasteiger partial charge in [0.2, 0.25) is 5.91 Å². The quantitative estimate of drug-likeness (QED) is 0.863. The smallest absolute Gasteiger partial charge is 0.228 e.